The molecular formula is C18H20ClN3O2. The number of rotatable bonds is 6. The lowest BCUT2D eigenvalue weighted by Gasteiger charge is -2.23. The standard InChI is InChI=1S/C18H20ClN3O2/c1-3-12(2)16(22-17(23)13-7-5-4-6-8-13)18(24)21-15-10-9-14(19)11-20-15/h4-12,16H,3H2,1-2H3,(H,22,23)(H,20,21,24). The maximum Gasteiger partial charge on any atom is 0.251 e. The van der Waals surface area contributed by atoms with E-state index in [1.165, 1.54) is 6.20 Å². The highest BCUT2D eigenvalue weighted by atomic mass is 35.5. The van der Waals surface area contributed by atoms with Gasteiger partial charge in [-0.25, -0.2) is 4.98 Å². The minimum atomic E-state index is -0.653. The zero-order chi connectivity index (χ0) is 17.5. The van der Waals surface area contributed by atoms with Crippen molar-refractivity contribution in [1.82, 2.24) is 10.3 Å². The lowest BCUT2D eigenvalue weighted by molar-refractivity contribution is -0.119. The number of hydrogen-bond acceptors (Lipinski definition) is 3. The summed E-state index contributed by atoms with van der Waals surface area (Å²) in [4.78, 5) is 29.0. The third kappa shape index (κ3) is 4.80. The third-order valence-electron chi connectivity index (χ3n) is 3.80. The molecular weight excluding hydrogens is 326 g/mol. The van der Waals surface area contributed by atoms with E-state index < -0.39 is 6.04 Å². The van der Waals surface area contributed by atoms with Gasteiger partial charge in [-0.15, -0.1) is 0 Å². The van der Waals surface area contributed by atoms with Crippen molar-refractivity contribution in [2.75, 3.05) is 5.32 Å². The van der Waals surface area contributed by atoms with Crippen molar-refractivity contribution >= 4 is 29.2 Å². The minimum absolute atomic E-state index is 0.0232. The fourth-order valence-electron chi connectivity index (χ4n) is 2.17. The summed E-state index contributed by atoms with van der Waals surface area (Å²) in [5.41, 5.74) is 0.517. The molecule has 2 aromatic rings. The molecule has 1 heterocycles. The van der Waals surface area contributed by atoms with E-state index in [9.17, 15) is 9.59 Å². The second-order valence-corrected chi connectivity index (χ2v) is 5.99. The molecule has 126 valence electrons. The SMILES string of the molecule is CCC(C)C(NC(=O)c1ccccc1)C(=O)Nc1ccc(Cl)cn1. The van der Waals surface area contributed by atoms with E-state index >= 15 is 0 Å². The first-order valence-electron chi connectivity index (χ1n) is 7.79. The maximum absolute atomic E-state index is 12.6. The number of pyridine rings is 1. The van der Waals surface area contributed by atoms with Crippen molar-refractivity contribution in [1.29, 1.82) is 0 Å². The number of carbonyl (C=O) groups excluding carboxylic acids is 2. The maximum atomic E-state index is 12.6. The van der Waals surface area contributed by atoms with Crippen LogP contribution in [0.5, 0.6) is 0 Å². The van der Waals surface area contributed by atoms with Crippen LogP contribution in [0.15, 0.2) is 48.7 Å². The van der Waals surface area contributed by atoms with Gasteiger partial charge in [0.1, 0.15) is 11.9 Å². The van der Waals surface area contributed by atoms with E-state index in [2.05, 4.69) is 15.6 Å². The lowest BCUT2D eigenvalue weighted by Crippen LogP contribution is -2.47. The molecule has 0 saturated heterocycles. The predicted octanol–water partition coefficient (Wildman–Crippen LogP) is 3.52. The Kier molecular flexibility index (Phi) is 6.32. The Balaban J connectivity index is 2.11. The van der Waals surface area contributed by atoms with Crippen LogP contribution in [-0.4, -0.2) is 22.8 Å². The summed E-state index contributed by atoms with van der Waals surface area (Å²) in [6.45, 7) is 3.89. The number of hydrogen-bond donors (Lipinski definition) is 2. The number of nitrogens with zero attached hydrogens (tertiary/aromatic N) is 1. The van der Waals surface area contributed by atoms with Crippen LogP contribution >= 0.6 is 11.6 Å². The first-order valence-corrected chi connectivity index (χ1v) is 8.17. The summed E-state index contributed by atoms with van der Waals surface area (Å²) in [6, 6.07) is 11.4. The number of benzene rings is 1. The molecule has 0 spiro atoms. The number of nitrogens with one attached hydrogen (secondary N) is 2. The summed E-state index contributed by atoms with van der Waals surface area (Å²) in [6.07, 6.45) is 2.21. The van der Waals surface area contributed by atoms with E-state index in [-0.39, 0.29) is 17.7 Å². The average Bonchev–Trinajstić information content (AvgIpc) is 2.61. The Bertz CT molecular complexity index is 689. The van der Waals surface area contributed by atoms with Crippen LogP contribution in [0.4, 0.5) is 5.82 Å². The highest BCUT2D eigenvalue weighted by Crippen LogP contribution is 2.14. The van der Waals surface area contributed by atoms with Gasteiger partial charge in [0.15, 0.2) is 0 Å². The molecule has 0 saturated carbocycles. The molecule has 5 nitrogen and oxygen atoms in total. The molecule has 2 rings (SSSR count). The molecule has 0 radical (unpaired) electrons. The molecule has 0 aliphatic rings. The Morgan fingerprint density at radius 2 is 1.88 bits per heavy atom. The van der Waals surface area contributed by atoms with Crippen LogP contribution in [-0.2, 0) is 4.79 Å². The van der Waals surface area contributed by atoms with Gasteiger partial charge in [-0.05, 0) is 30.2 Å². The highest BCUT2D eigenvalue weighted by molar-refractivity contribution is 6.30. The molecule has 0 aliphatic heterocycles. The second-order valence-electron chi connectivity index (χ2n) is 5.55. The van der Waals surface area contributed by atoms with Crippen LogP contribution in [0.2, 0.25) is 5.02 Å². The van der Waals surface area contributed by atoms with Crippen molar-refractivity contribution in [3.8, 4) is 0 Å². The van der Waals surface area contributed by atoms with E-state index in [4.69, 9.17) is 11.6 Å². The molecule has 1 aromatic carbocycles. The molecule has 6 heteroatoms. The van der Waals surface area contributed by atoms with E-state index in [1.807, 2.05) is 19.9 Å². The van der Waals surface area contributed by atoms with E-state index in [1.54, 1.807) is 36.4 Å². The summed E-state index contributed by atoms with van der Waals surface area (Å²) < 4.78 is 0. The van der Waals surface area contributed by atoms with Gasteiger partial charge >= 0.3 is 0 Å². The van der Waals surface area contributed by atoms with Crippen LogP contribution < -0.4 is 10.6 Å². The average molecular weight is 346 g/mol. The molecule has 2 atom stereocenters. The number of amides is 2. The molecule has 2 amide bonds. The topological polar surface area (TPSA) is 71.1 Å². The van der Waals surface area contributed by atoms with Crippen molar-refractivity contribution in [3.63, 3.8) is 0 Å². The third-order valence-corrected chi connectivity index (χ3v) is 4.02. The summed E-state index contributed by atoms with van der Waals surface area (Å²) in [7, 11) is 0. The van der Waals surface area contributed by atoms with Gasteiger partial charge in [-0.3, -0.25) is 9.59 Å². The highest BCUT2D eigenvalue weighted by Gasteiger charge is 2.26. The van der Waals surface area contributed by atoms with Crippen LogP contribution in [0.25, 0.3) is 0 Å². The Morgan fingerprint density at radius 1 is 1.17 bits per heavy atom. The molecule has 2 unspecified atom stereocenters. The van der Waals surface area contributed by atoms with Gasteiger partial charge in [0, 0.05) is 11.8 Å². The second kappa shape index (κ2) is 8.45. The van der Waals surface area contributed by atoms with Gasteiger partial charge in [0.05, 0.1) is 5.02 Å². The normalized spacial score (nSPS) is 13.0. The molecule has 0 aliphatic carbocycles. The smallest absolute Gasteiger partial charge is 0.251 e. The van der Waals surface area contributed by atoms with Crippen LogP contribution in [0, 0.1) is 5.92 Å². The van der Waals surface area contributed by atoms with Crippen LogP contribution in [0.1, 0.15) is 30.6 Å². The van der Waals surface area contributed by atoms with Crippen molar-refractivity contribution in [3.05, 3.63) is 59.2 Å². The largest absolute Gasteiger partial charge is 0.340 e. The Morgan fingerprint density at radius 3 is 2.46 bits per heavy atom. The summed E-state index contributed by atoms with van der Waals surface area (Å²) >= 11 is 5.79. The number of halogens is 1. The number of aromatic nitrogens is 1. The minimum Gasteiger partial charge on any atom is -0.340 e. The summed E-state index contributed by atoms with van der Waals surface area (Å²) in [5.74, 6) is -0.208. The number of carbonyl (C=O) groups is 2. The predicted molar refractivity (Wildman–Crippen MR) is 95.0 cm³/mol. The lowest BCUT2D eigenvalue weighted by atomic mass is 9.98. The monoisotopic (exact) mass is 345 g/mol. The van der Waals surface area contributed by atoms with Crippen molar-refractivity contribution in [2.45, 2.75) is 26.3 Å². The fourth-order valence-corrected chi connectivity index (χ4v) is 2.28. The molecule has 1 aromatic heterocycles. The Labute approximate surface area is 146 Å². The molecule has 24 heavy (non-hydrogen) atoms. The quantitative estimate of drug-likeness (QED) is 0.841. The number of anilines is 1. The van der Waals surface area contributed by atoms with Crippen molar-refractivity contribution in [2.24, 2.45) is 5.92 Å². The van der Waals surface area contributed by atoms with E-state index in [0.717, 1.165) is 6.42 Å². The fraction of sp³-hybridized carbons (Fsp3) is 0.278. The zero-order valence-corrected chi connectivity index (χ0v) is 14.4. The first kappa shape index (κ1) is 17.9. The molecule has 0 bridgehead atoms. The summed E-state index contributed by atoms with van der Waals surface area (Å²) in [5, 5.41) is 6.02. The van der Waals surface area contributed by atoms with Gasteiger partial charge < -0.3 is 10.6 Å². The first-order chi connectivity index (χ1) is 11.5. The van der Waals surface area contributed by atoms with Gasteiger partial charge in [0.2, 0.25) is 5.91 Å². The van der Waals surface area contributed by atoms with Crippen molar-refractivity contribution < 1.29 is 9.59 Å². The molecule has 2 N–H and O–H groups in total. The zero-order valence-electron chi connectivity index (χ0n) is 13.6. The van der Waals surface area contributed by atoms with Gasteiger partial charge in [-0.2, -0.15) is 0 Å². The van der Waals surface area contributed by atoms with Crippen LogP contribution in [0.3, 0.4) is 0 Å². The van der Waals surface area contributed by atoms with E-state index in [0.29, 0.717) is 16.4 Å². The van der Waals surface area contributed by atoms with Gasteiger partial charge in [-0.1, -0.05) is 50.1 Å². The Hall–Kier alpha value is -2.40. The van der Waals surface area contributed by atoms with Gasteiger partial charge in [0.25, 0.3) is 5.91 Å². The molecule has 0 fully saturated rings.